The minimum Gasteiger partial charge on any atom is -0.741 e. The molecule has 1 heterocycles. The Labute approximate surface area is 151 Å². The van der Waals surface area contributed by atoms with E-state index in [0.29, 0.717) is 0 Å². The lowest BCUT2D eigenvalue weighted by Gasteiger charge is -2.08. The summed E-state index contributed by atoms with van der Waals surface area (Å²) in [5.41, 5.74) is -4.31. The zero-order valence-electron chi connectivity index (χ0n) is 14.3. The molecule has 0 aliphatic rings. The molecule has 2 aromatic rings. The maximum atomic E-state index is 10.7. The van der Waals surface area contributed by atoms with Gasteiger partial charge in [0, 0.05) is 0 Å². The molecule has 0 saturated carbocycles. The molecule has 0 amide bonds. The van der Waals surface area contributed by atoms with E-state index in [4.69, 9.17) is 13.0 Å². The van der Waals surface area contributed by atoms with E-state index in [0.717, 1.165) is 13.0 Å². The van der Waals surface area contributed by atoms with Crippen molar-refractivity contribution in [2.45, 2.75) is 38.2 Å². The van der Waals surface area contributed by atoms with Gasteiger partial charge >= 0.3 is 5.51 Å². The number of alkyl halides is 3. The topological polar surface area (TPSA) is 66.0 Å². The van der Waals surface area contributed by atoms with Crippen LogP contribution in [0.3, 0.4) is 0 Å². The number of benzene rings is 1. The highest BCUT2D eigenvalue weighted by Crippen LogP contribution is 2.20. The average molecular weight is 390 g/mol. The molecule has 5 nitrogen and oxygen atoms in total. The van der Waals surface area contributed by atoms with Gasteiger partial charge in [0.15, 0.2) is 10.1 Å². The highest BCUT2D eigenvalue weighted by atomic mass is 32.2. The largest absolute Gasteiger partial charge is 0.741 e. The summed E-state index contributed by atoms with van der Waals surface area (Å²) in [6.07, 6.45) is 9.49. The number of hydrogen-bond acceptors (Lipinski definition) is 3. The van der Waals surface area contributed by atoms with Crippen molar-refractivity contribution in [1.29, 1.82) is 0 Å². The van der Waals surface area contributed by atoms with Crippen LogP contribution in [-0.2, 0) is 23.1 Å². The summed E-state index contributed by atoms with van der Waals surface area (Å²) in [6, 6.07) is 10.6. The third-order valence-corrected chi connectivity index (χ3v) is 4.04. The number of imidazole rings is 1. The Kier molecular flexibility index (Phi) is 8.04. The van der Waals surface area contributed by atoms with Gasteiger partial charge in [0.1, 0.15) is 12.4 Å². The molecule has 0 bridgehead atoms. The molecule has 0 spiro atoms. The standard InChI is InChI=1S/C16H21N2.CHF3O3S/c1-3-5-11-18-13-12-17(4-2)16(18)14-15-9-7-6-8-10-15;2-1(3,4)8(5,6)7/h4,6-10,12-13H,2-3,5,11,14H2,1H3;(H,5,6,7)/q+1;/p-1. The lowest BCUT2D eigenvalue weighted by atomic mass is 10.1. The molecule has 2 rings (SSSR count). The van der Waals surface area contributed by atoms with Crippen molar-refractivity contribution in [2.24, 2.45) is 0 Å². The van der Waals surface area contributed by atoms with Crippen LogP contribution in [-0.4, -0.2) is 23.0 Å². The highest BCUT2D eigenvalue weighted by molar-refractivity contribution is 7.86. The average Bonchev–Trinajstić information content (AvgIpc) is 2.94. The summed E-state index contributed by atoms with van der Waals surface area (Å²) >= 11 is 0. The normalized spacial score (nSPS) is 11.6. The quantitative estimate of drug-likeness (QED) is 0.432. The van der Waals surface area contributed by atoms with Gasteiger partial charge in [0.25, 0.3) is 5.82 Å². The smallest absolute Gasteiger partial charge is 0.485 e. The van der Waals surface area contributed by atoms with Crippen LogP contribution < -0.4 is 4.57 Å². The van der Waals surface area contributed by atoms with Crippen LogP contribution in [0.15, 0.2) is 49.3 Å². The van der Waals surface area contributed by atoms with Crippen molar-refractivity contribution in [3.8, 4) is 0 Å². The molecule has 1 aromatic heterocycles. The summed E-state index contributed by atoms with van der Waals surface area (Å²) in [5, 5.41) is 0. The summed E-state index contributed by atoms with van der Waals surface area (Å²) < 4.78 is 63.3. The number of aryl methyl sites for hydroxylation is 1. The van der Waals surface area contributed by atoms with E-state index in [1.54, 1.807) is 0 Å². The predicted molar refractivity (Wildman–Crippen MR) is 90.9 cm³/mol. The van der Waals surface area contributed by atoms with Crippen molar-refractivity contribution in [3.63, 3.8) is 0 Å². The molecular weight excluding hydrogens is 369 g/mol. The Hall–Kier alpha value is -2.13. The predicted octanol–water partition coefficient (Wildman–Crippen LogP) is 3.32. The first-order valence-electron chi connectivity index (χ1n) is 7.88. The van der Waals surface area contributed by atoms with Crippen LogP contribution in [0, 0.1) is 0 Å². The fourth-order valence-corrected chi connectivity index (χ4v) is 2.14. The minimum absolute atomic E-state index is 0.948. The first-order valence-corrected chi connectivity index (χ1v) is 9.28. The SMILES string of the molecule is C=Cn1cc[n+](CCCC)c1Cc1ccccc1.O=S(=O)([O-])C(F)(F)F. The lowest BCUT2D eigenvalue weighted by Crippen LogP contribution is -2.37. The third kappa shape index (κ3) is 6.64. The molecule has 0 unspecified atom stereocenters. The second kappa shape index (κ2) is 9.54. The minimum atomic E-state index is -6.09. The van der Waals surface area contributed by atoms with Crippen molar-refractivity contribution >= 4 is 16.3 Å². The molecule has 0 aliphatic heterocycles. The van der Waals surface area contributed by atoms with Gasteiger partial charge in [-0.25, -0.2) is 17.6 Å². The first-order chi connectivity index (χ1) is 12.1. The van der Waals surface area contributed by atoms with Crippen LogP contribution in [0.25, 0.3) is 6.20 Å². The third-order valence-electron chi connectivity index (χ3n) is 3.47. The fourth-order valence-electron chi connectivity index (χ4n) is 2.14. The number of nitrogens with zero attached hydrogens (tertiary/aromatic N) is 2. The van der Waals surface area contributed by atoms with E-state index in [-0.39, 0.29) is 0 Å². The first kappa shape index (κ1) is 21.9. The number of halogens is 3. The second-order valence-electron chi connectivity index (χ2n) is 5.41. The Morgan fingerprint density at radius 1 is 1.27 bits per heavy atom. The molecule has 1 aromatic carbocycles. The van der Waals surface area contributed by atoms with Crippen LogP contribution in [0.5, 0.6) is 0 Å². The number of unbranched alkanes of at least 4 members (excludes halogenated alkanes) is 1. The summed E-state index contributed by atoms with van der Waals surface area (Å²) in [4.78, 5) is 0. The van der Waals surface area contributed by atoms with Gasteiger partial charge in [-0.3, -0.25) is 0 Å². The van der Waals surface area contributed by atoms with Crippen molar-refractivity contribution in [3.05, 3.63) is 60.7 Å². The van der Waals surface area contributed by atoms with Crippen LogP contribution in [0.1, 0.15) is 31.2 Å². The number of rotatable bonds is 6. The molecule has 0 N–H and O–H groups in total. The molecule has 0 aliphatic carbocycles. The Morgan fingerprint density at radius 3 is 2.31 bits per heavy atom. The molecule has 9 heteroatoms. The van der Waals surface area contributed by atoms with Gasteiger partial charge in [0.2, 0.25) is 0 Å². The highest BCUT2D eigenvalue weighted by Gasteiger charge is 2.36. The van der Waals surface area contributed by atoms with Gasteiger partial charge in [0.05, 0.1) is 19.2 Å². The molecule has 0 saturated heterocycles. The summed E-state index contributed by atoms with van der Waals surface area (Å²) in [5.74, 6) is 1.30. The van der Waals surface area contributed by atoms with Gasteiger partial charge in [-0.2, -0.15) is 13.2 Å². The van der Waals surface area contributed by atoms with E-state index in [1.165, 1.54) is 24.2 Å². The zero-order valence-corrected chi connectivity index (χ0v) is 15.1. The van der Waals surface area contributed by atoms with Gasteiger partial charge in [-0.05, 0) is 12.0 Å². The molecule has 26 heavy (non-hydrogen) atoms. The Morgan fingerprint density at radius 2 is 1.85 bits per heavy atom. The Bertz CT molecular complexity index is 800. The molecule has 144 valence electrons. The van der Waals surface area contributed by atoms with Gasteiger partial charge in [-0.15, -0.1) is 0 Å². The van der Waals surface area contributed by atoms with Crippen molar-refractivity contribution in [2.75, 3.05) is 0 Å². The van der Waals surface area contributed by atoms with E-state index in [9.17, 15) is 13.2 Å². The molecular formula is C17H21F3N2O3S. The van der Waals surface area contributed by atoms with Crippen molar-refractivity contribution in [1.82, 2.24) is 4.57 Å². The molecule has 0 atom stereocenters. The van der Waals surface area contributed by atoms with Crippen LogP contribution in [0.4, 0.5) is 13.2 Å². The fraction of sp³-hybridized carbons (Fsp3) is 0.353. The van der Waals surface area contributed by atoms with Gasteiger partial charge < -0.3 is 4.55 Å². The van der Waals surface area contributed by atoms with E-state index in [1.807, 2.05) is 6.20 Å². The van der Waals surface area contributed by atoms with Gasteiger partial charge in [-0.1, -0.05) is 50.3 Å². The Balaban J connectivity index is 0.000000359. The second-order valence-corrected chi connectivity index (χ2v) is 6.78. The number of hydrogen-bond donors (Lipinski definition) is 0. The lowest BCUT2D eigenvalue weighted by molar-refractivity contribution is -0.703. The van der Waals surface area contributed by atoms with Crippen LogP contribution in [0.2, 0.25) is 0 Å². The maximum absolute atomic E-state index is 10.7. The zero-order chi connectivity index (χ0) is 19.8. The monoisotopic (exact) mass is 390 g/mol. The van der Waals surface area contributed by atoms with E-state index < -0.39 is 15.6 Å². The van der Waals surface area contributed by atoms with E-state index >= 15 is 0 Å². The maximum Gasteiger partial charge on any atom is 0.485 e. The van der Waals surface area contributed by atoms with E-state index in [2.05, 4.69) is 65.4 Å². The van der Waals surface area contributed by atoms with Crippen LogP contribution >= 0.6 is 0 Å². The molecule has 0 fully saturated rings. The van der Waals surface area contributed by atoms with Crippen molar-refractivity contribution < 1.29 is 30.7 Å². The molecule has 0 radical (unpaired) electrons. The summed E-state index contributed by atoms with van der Waals surface area (Å²) in [7, 11) is -6.09. The number of aromatic nitrogens is 2. The summed E-state index contributed by atoms with van der Waals surface area (Å²) in [6.45, 7) is 7.18.